The molecular formula is C13H19BrN2. The monoisotopic (exact) mass is 282 g/mol. The molecule has 1 aromatic carbocycles. The molecule has 1 aliphatic rings. The topological polar surface area (TPSA) is 38.0 Å². The quantitative estimate of drug-likeness (QED) is 0.644. The number of halogens is 1. The van der Waals surface area contributed by atoms with Gasteiger partial charge in [0.15, 0.2) is 0 Å². The third kappa shape index (κ3) is 3.06. The van der Waals surface area contributed by atoms with Crippen LogP contribution in [0, 0.1) is 11.8 Å². The fourth-order valence-corrected chi connectivity index (χ4v) is 2.49. The van der Waals surface area contributed by atoms with Crippen LogP contribution in [0.3, 0.4) is 0 Å². The summed E-state index contributed by atoms with van der Waals surface area (Å²) in [5.74, 6) is 7.22. The summed E-state index contributed by atoms with van der Waals surface area (Å²) in [6.45, 7) is 2.31. The van der Waals surface area contributed by atoms with Crippen LogP contribution in [0.4, 0.5) is 0 Å². The molecule has 2 nitrogen and oxygen atoms in total. The van der Waals surface area contributed by atoms with E-state index in [1.54, 1.807) is 0 Å². The average Bonchev–Trinajstić information content (AvgIpc) is 3.11. The van der Waals surface area contributed by atoms with Gasteiger partial charge in [-0.1, -0.05) is 35.0 Å². The Morgan fingerprint density at radius 3 is 2.50 bits per heavy atom. The van der Waals surface area contributed by atoms with Crippen LogP contribution in [-0.4, -0.2) is 6.04 Å². The first kappa shape index (κ1) is 12.1. The van der Waals surface area contributed by atoms with E-state index in [1.807, 2.05) is 0 Å². The molecule has 2 rings (SSSR count). The minimum Gasteiger partial charge on any atom is -0.271 e. The van der Waals surface area contributed by atoms with Crippen molar-refractivity contribution in [3.8, 4) is 0 Å². The Morgan fingerprint density at radius 2 is 2.00 bits per heavy atom. The number of benzene rings is 1. The smallest absolute Gasteiger partial charge is 0.0279 e. The Labute approximate surface area is 106 Å². The van der Waals surface area contributed by atoms with Crippen molar-refractivity contribution < 1.29 is 0 Å². The van der Waals surface area contributed by atoms with Gasteiger partial charge in [0.25, 0.3) is 0 Å². The molecule has 16 heavy (non-hydrogen) atoms. The highest BCUT2D eigenvalue weighted by Crippen LogP contribution is 2.38. The molecule has 0 heterocycles. The number of nitrogens with two attached hydrogens (primary N) is 1. The molecule has 3 N–H and O–H groups in total. The number of nitrogens with one attached hydrogen (secondary N) is 1. The van der Waals surface area contributed by atoms with Crippen molar-refractivity contribution in [2.75, 3.05) is 0 Å². The predicted octanol–water partition coefficient (Wildman–Crippen LogP) is 2.87. The van der Waals surface area contributed by atoms with Gasteiger partial charge in [0.2, 0.25) is 0 Å². The van der Waals surface area contributed by atoms with E-state index in [0.29, 0.717) is 12.0 Å². The van der Waals surface area contributed by atoms with Gasteiger partial charge in [-0.25, -0.2) is 0 Å². The van der Waals surface area contributed by atoms with Crippen molar-refractivity contribution in [2.24, 2.45) is 17.7 Å². The Morgan fingerprint density at radius 1 is 1.38 bits per heavy atom. The maximum Gasteiger partial charge on any atom is 0.0279 e. The number of hydrogen-bond donors (Lipinski definition) is 2. The van der Waals surface area contributed by atoms with E-state index in [2.05, 4.69) is 52.5 Å². The Kier molecular flexibility index (Phi) is 4.00. The number of hydrogen-bond acceptors (Lipinski definition) is 2. The van der Waals surface area contributed by atoms with E-state index in [-0.39, 0.29) is 0 Å². The molecule has 0 aliphatic heterocycles. The third-order valence-electron chi connectivity index (χ3n) is 3.58. The lowest BCUT2D eigenvalue weighted by Gasteiger charge is -2.23. The molecule has 0 radical (unpaired) electrons. The lowest BCUT2D eigenvalue weighted by molar-refractivity contribution is 0.343. The number of hydrazine groups is 1. The second-order valence-corrected chi connectivity index (χ2v) is 5.72. The van der Waals surface area contributed by atoms with Gasteiger partial charge in [0, 0.05) is 10.5 Å². The van der Waals surface area contributed by atoms with Crippen LogP contribution in [0.25, 0.3) is 0 Å². The summed E-state index contributed by atoms with van der Waals surface area (Å²) in [5.41, 5.74) is 4.32. The first-order valence-electron chi connectivity index (χ1n) is 5.91. The van der Waals surface area contributed by atoms with E-state index in [1.165, 1.54) is 18.4 Å². The van der Waals surface area contributed by atoms with E-state index in [4.69, 9.17) is 5.84 Å². The van der Waals surface area contributed by atoms with Crippen LogP contribution in [0.5, 0.6) is 0 Å². The van der Waals surface area contributed by atoms with Gasteiger partial charge < -0.3 is 0 Å². The fraction of sp³-hybridized carbons (Fsp3) is 0.538. The fourth-order valence-electron chi connectivity index (χ4n) is 2.22. The van der Waals surface area contributed by atoms with Crippen LogP contribution in [0.2, 0.25) is 0 Å². The average molecular weight is 283 g/mol. The maximum absolute atomic E-state index is 5.66. The molecule has 1 saturated carbocycles. The Bertz CT molecular complexity index is 332. The van der Waals surface area contributed by atoms with Crippen molar-refractivity contribution >= 4 is 15.9 Å². The van der Waals surface area contributed by atoms with E-state index in [9.17, 15) is 0 Å². The molecule has 0 aromatic heterocycles. The maximum atomic E-state index is 5.66. The van der Waals surface area contributed by atoms with Gasteiger partial charge in [-0.2, -0.15) is 0 Å². The molecule has 2 atom stereocenters. The van der Waals surface area contributed by atoms with Crippen LogP contribution in [0.1, 0.15) is 25.3 Å². The second-order valence-electron chi connectivity index (χ2n) is 4.80. The summed E-state index contributed by atoms with van der Waals surface area (Å²) < 4.78 is 1.13. The summed E-state index contributed by atoms with van der Waals surface area (Å²) in [7, 11) is 0. The standard InChI is InChI=1S/C13H19BrN2/c1-9(11-4-5-11)13(16-15)8-10-2-6-12(14)7-3-10/h2-3,6-7,9,11,13,16H,4-5,8,15H2,1H3. The van der Waals surface area contributed by atoms with E-state index >= 15 is 0 Å². The van der Waals surface area contributed by atoms with Gasteiger partial charge in [-0.3, -0.25) is 11.3 Å². The van der Waals surface area contributed by atoms with Gasteiger partial charge in [-0.15, -0.1) is 0 Å². The number of rotatable bonds is 5. The molecule has 0 bridgehead atoms. The van der Waals surface area contributed by atoms with Gasteiger partial charge >= 0.3 is 0 Å². The lowest BCUT2D eigenvalue weighted by atomic mass is 9.92. The van der Waals surface area contributed by atoms with Crippen molar-refractivity contribution in [3.05, 3.63) is 34.3 Å². The minimum atomic E-state index is 0.397. The van der Waals surface area contributed by atoms with E-state index < -0.39 is 0 Å². The SMILES string of the molecule is CC(C1CC1)C(Cc1ccc(Br)cc1)NN. The second kappa shape index (κ2) is 5.30. The normalized spacial score (nSPS) is 19.4. The molecule has 0 spiro atoms. The highest BCUT2D eigenvalue weighted by atomic mass is 79.9. The zero-order valence-electron chi connectivity index (χ0n) is 9.62. The zero-order chi connectivity index (χ0) is 11.5. The molecule has 1 aliphatic carbocycles. The Balaban J connectivity index is 1.97. The molecule has 2 unspecified atom stereocenters. The summed E-state index contributed by atoms with van der Waals surface area (Å²) in [6, 6.07) is 8.89. The third-order valence-corrected chi connectivity index (χ3v) is 4.11. The highest BCUT2D eigenvalue weighted by Gasteiger charge is 2.32. The van der Waals surface area contributed by atoms with Crippen LogP contribution < -0.4 is 11.3 Å². The first-order valence-corrected chi connectivity index (χ1v) is 6.70. The van der Waals surface area contributed by atoms with Crippen molar-refractivity contribution in [1.82, 2.24) is 5.43 Å². The van der Waals surface area contributed by atoms with Crippen molar-refractivity contribution in [3.63, 3.8) is 0 Å². The molecule has 1 fully saturated rings. The highest BCUT2D eigenvalue weighted by molar-refractivity contribution is 9.10. The molecule has 1 aromatic rings. The molecule has 88 valence electrons. The summed E-state index contributed by atoms with van der Waals surface area (Å²) in [5, 5.41) is 0. The minimum absolute atomic E-state index is 0.397. The van der Waals surface area contributed by atoms with Gasteiger partial charge in [-0.05, 0) is 48.8 Å². The molecule has 3 heteroatoms. The lowest BCUT2D eigenvalue weighted by Crippen LogP contribution is -2.42. The molecule has 0 saturated heterocycles. The van der Waals surface area contributed by atoms with Crippen LogP contribution >= 0.6 is 15.9 Å². The summed E-state index contributed by atoms with van der Waals surface area (Å²) >= 11 is 3.45. The van der Waals surface area contributed by atoms with Crippen molar-refractivity contribution in [2.45, 2.75) is 32.2 Å². The Hall–Kier alpha value is -0.380. The zero-order valence-corrected chi connectivity index (χ0v) is 11.2. The summed E-state index contributed by atoms with van der Waals surface area (Å²) in [4.78, 5) is 0. The summed E-state index contributed by atoms with van der Waals surface area (Å²) in [6.07, 6.45) is 3.76. The van der Waals surface area contributed by atoms with Gasteiger partial charge in [0.05, 0.1) is 0 Å². The largest absolute Gasteiger partial charge is 0.271 e. The van der Waals surface area contributed by atoms with Crippen molar-refractivity contribution in [1.29, 1.82) is 0 Å². The van der Waals surface area contributed by atoms with Gasteiger partial charge in [0.1, 0.15) is 0 Å². The molecule has 0 amide bonds. The van der Waals surface area contributed by atoms with Crippen LogP contribution in [-0.2, 0) is 6.42 Å². The first-order chi connectivity index (χ1) is 7.70. The van der Waals surface area contributed by atoms with Crippen LogP contribution in [0.15, 0.2) is 28.7 Å². The molecular weight excluding hydrogens is 264 g/mol. The van der Waals surface area contributed by atoms with E-state index in [0.717, 1.165) is 16.8 Å². The predicted molar refractivity (Wildman–Crippen MR) is 70.8 cm³/mol.